The first-order valence-corrected chi connectivity index (χ1v) is 8.57. The van der Waals surface area contributed by atoms with Gasteiger partial charge in [0.2, 0.25) is 6.79 Å². The highest BCUT2D eigenvalue weighted by Crippen LogP contribution is 2.32. The zero-order valence-corrected chi connectivity index (χ0v) is 14.8. The lowest BCUT2D eigenvalue weighted by Gasteiger charge is -2.09. The van der Waals surface area contributed by atoms with Crippen LogP contribution in [0, 0.1) is 0 Å². The maximum absolute atomic E-state index is 5.52. The molecule has 1 aliphatic rings. The second-order valence-corrected chi connectivity index (χ2v) is 5.73. The SMILES string of the molecule is C/N=C(/CNCCCN)c1nccnc1/C=C/c1ccc2c(c1)OCO2. The molecule has 0 radical (unpaired) electrons. The third kappa shape index (κ3) is 4.44. The van der Waals surface area contributed by atoms with E-state index >= 15 is 0 Å². The number of nitrogens with two attached hydrogens (primary N) is 1. The number of nitrogens with one attached hydrogen (secondary N) is 1. The molecule has 0 fully saturated rings. The minimum absolute atomic E-state index is 0.268. The van der Waals surface area contributed by atoms with Crippen molar-refractivity contribution in [3.8, 4) is 11.5 Å². The molecule has 0 bridgehead atoms. The van der Waals surface area contributed by atoms with Crippen molar-refractivity contribution < 1.29 is 9.47 Å². The van der Waals surface area contributed by atoms with E-state index in [-0.39, 0.29) is 6.79 Å². The summed E-state index contributed by atoms with van der Waals surface area (Å²) in [6.07, 6.45) is 8.19. The quantitative estimate of drug-likeness (QED) is 0.554. The first-order chi connectivity index (χ1) is 12.8. The predicted molar refractivity (Wildman–Crippen MR) is 103 cm³/mol. The maximum Gasteiger partial charge on any atom is 0.231 e. The summed E-state index contributed by atoms with van der Waals surface area (Å²) in [5.41, 5.74) is 8.93. The Morgan fingerprint density at radius 3 is 2.92 bits per heavy atom. The Morgan fingerprint density at radius 2 is 2.08 bits per heavy atom. The summed E-state index contributed by atoms with van der Waals surface area (Å²) in [6, 6.07) is 5.82. The zero-order chi connectivity index (χ0) is 18.2. The van der Waals surface area contributed by atoms with Crippen molar-refractivity contribution in [1.82, 2.24) is 15.3 Å². The number of rotatable bonds is 8. The molecule has 0 saturated carbocycles. The summed E-state index contributed by atoms with van der Waals surface area (Å²) in [4.78, 5) is 13.3. The molecule has 0 saturated heterocycles. The van der Waals surface area contributed by atoms with E-state index in [1.54, 1.807) is 19.4 Å². The smallest absolute Gasteiger partial charge is 0.231 e. The normalized spacial score (nSPS) is 13.5. The molecule has 2 heterocycles. The molecule has 0 spiro atoms. The lowest BCUT2D eigenvalue weighted by molar-refractivity contribution is 0.174. The van der Waals surface area contributed by atoms with E-state index < -0.39 is 0 Å². The fourth-order valence-electron chi connectivity index (χ4n) is 2.59. The van der Waals surface area contributed by atoms with Gasteiger partial charge < -0.3 is 20.5 Å². The van der Waals surface area contributed by atoms with Crippen molar-refractivity contribution in [3.05, 3.63) is 47.5 Å². The number of fused-ring (bicyclic) bond motifs is 1. The van der Waals surface area contributed by atoms with Gasteiger partial charge in [0.05, 0.1) is 11.4 Å². The van der Waals surface area contributed by atoms with Crippen LogP contribution < -0.4 is 20.5 Å². The lowest BCUT2D eigenvalue weighted by Crippen LogP contribution is -2.27. The van der Waals surface area contributed by atoms with Gasteiger partial charge in [0, 0.05) is 26.0 Å². The number of hydrogen-bond donors (Lipinski definition) is 2. The fraction of sp³-hybridized carbons (Fsp3) is 0.316. The summed E-state index contributed by atoms with van der Waals surface area (Å²) in [5.74, 6) is 1.53. The molecule has 26 heavy (non-hydrogen) atoms. The van der Waals surface area contributed by atoms with Crippen LogP contribution in [0.3, 0.4) is 0 Å². The molecule has 2 aromatic rings. The van der Waals surface area contributed by atoms with Gasteiger partial charge in [0.1, 0.15) is 5.69 Å². The van der Waals surface area contributed by atoms with Gasteiger partial charge in [-0.25, -0.2) is 0 Å². The Bertz CT molecular complexity index is 804. The van der Waals surface area contributed by atoms with Gasteiger partial charge in [-0.15, -0.1) is 0 Å². The van der Waals surface area contributed by atoms with Crippen LogP contribution in [0.1, 0.15) is 23.4 Å². The van der Waals surface area contributed by atoms with E-state index in [0.717, 1.165) is 47.1 Å². The molecule has 3 N–H and O–H groups in total. The Kier molecular flexibility index (Phi) is 6.29. The summed E-state index contributed by atoms with van der Waals surface area (Å²) >= 11 is 0. The fourth-order valence-corrected chi connectivity index (χ4v) is 2.59. The summed E-state index contributed by atoms with van der Waals surface area (Å²) in [6.45, 7) is 2.41. The van der Waals surface area contributed by atoms with E-state index in [4.69, 9.17) is 15.2 Å². The number of nitrogens with zero attached hydrogens (tertiary/aromatic N) is 3. The third-order valence-electron chi connectivity index (χ3n) is 3.95. The second-order valence-electron chi connectivity index (χ2n) is 5.73. The highest BCUT2D eigenvalue weighted by Gasteiger charge is 2.13. The van der Waals surface area contributed by atoms with Gasteiger partial charge in [0.15, 0.2) is 11.5 Å². The second kappa shape index (κ2) is 9.07. The van der Waals surface area contributed by atoms with Crippen LogP contribution in [0.15, 0.2) is 35.6 Å². The Labute approximate surface area is 153 Å². The molecular formula is C19H23N5O2. The maximum atomic E-state index is 5.52. The van der Waals surface area contributed by atoms with Gasteiger partial charge in [-0.05, 0) is 43.3 Å². The Hall–Kier alpha value is -2.77. The van der Waals surface area contributed by atoms with Crippen LogP contribution in [0.5, 0.6) is 11.5 Å². The standard InChI is InChI=1S/C19H23N5O2/c1-21-16(12-22-8-2-7-20)19-15(23-9-10-24-19)5-3-14-4-6-17-18(11-14)26-13-25-17/h3-6,9-11,22H,2,7-8,12-13,20H2,1H3/b5-3+,21-16-. The monoisotopic (exact) mass is 353 g/mol. The number of benzene rings is 1. The van der Waals surface area contributed by atoms with Gasteiger partial charge in [-0.1, -0.05) is 12.1 Å². The average Bonchev–Trinajstić information content (AvgIpc) is 3.15. The highest BCUT2D eigenvalue weighted by atomic mass is 16.7. The number of hydrogen-bond acceptors (Lipinski definition) is 7. The van der Waals surface area contributed by atoms with Crippen LogP contribution in [0.4, 0.5) is 0 Å². The minimum Gasteiger partial charge on any atom is -0.454 e. The van der Waals surface area contributed by atoms with Crippen LogP contribution >= 0.6 is 0 Å². The summed E-state index contributed by atoms with van der Waals surface area (Å²) in [7, 11) is 1.76. The van der Waals surface area contributed by atoms with Crippen molar-refractivity contribution in [2.75, 3.05) is 33.5 Å². The van der Waals surface area contributed by atoms with E-state index in [1.165, 1.54) is 0 Å². The lowest BCUT2D eigenvalue weighted by atomic mass is 10.1. The molecule has 3 rings (SSSR count). The van der Waals surface area contributed by atoms with E-state index in [1.807, 2.05) is 30.4 Å². The molecule has 0 atom stereocenters. The van der Waals surface area contributed by atoms with Crippen molar-refractivity contribution in [2.45, 2.75) is 6.42 Å². The molecule has 0 aliphatic carbocycles. The van der Waals surface area contributed by atoms with Crippen molar-refractivity contribution >= 4 is 17.9 Å². The molecule has 1 aromatic heterocycles. The first kappa shape index (κ1) is 18.0. The first-order valence-electron chi connectivity index (χ1n) is 8.57. The predicted octanol–water partition coefficient (Wildman–Crippen LogP) is 1.73. The molecule has 0 amide bonds. The van der Waals surface area contributed by atoms with E-state index in [2.05, 4.69) is 20.3 Å². The number of ether oxygens (including phenoxy) is 2. The topological polar surface area (TPSA) is 94.7 Å². The largest absolute Gasteiger partial charge is 0.454 e. The van der Waals surface area contributed by atoms with Gasteiger partial charge >= 0.3 is 0 Å². The van der Waals surface area contributed by atoms with Crippen molar-refractivity contribution in [3.63, 3.8) is 0 Å². The summed E-state index contributed by atoms with van der Waals surface area (Å²) in [5, 5.41) is 3.33. The van der Waals surface area contributed by atoms with Crippen molar-refractivity contribution in [2.24, 2.45) is 10.7 Å². The molecule has 0 unspecified atom stereocenters. The van der Waals surface area contributed by atoms with Gasteiger partial charge in [0.25, 0.3) is 0 Å². The molecule has 7 heteroatoms. The number of aromatic nitrogens is 2. The van der Waals surface area contributed by atoms with Crippen LogP contribution in [-0.2, 0) is 0 Å². The minimum atomic E-state index is 0.268. The number of aliphatic imine (C=N–C) groups is 1. The molecule has 7 nitrogen and oxygen atoms in total. The van der Waals surface area contributed by atoms with Gasteiger partial charge in [-0.3, -0.25) is 15.0 Å². The Balaban J connectivity index is 1.76. The van der Waals surface area contributed by atoms with Crippen LogP contribution in [0.2, 0.25) is 0 Å². The van der Waals surface area contributed by atoms with E-state index in [0.29, 0.717) is 13.1 Å². The van der Waals surface area contributed by atoms with Crippen LogP contribution in [0.25, 0.3) is 12.2 Å². The molecule has 1 aromatic carbocycles. The molecule has 136 valence electrons. The van der Waals surface area contributed by atoms with Crippen molar-refractivity contribution in [1.29, 1.82) is 0 Å². The molecule has 1 aliphatic heterocycles. The molecular weight excluding hydrogens is 330 g/mol. The van der Waals surface area contributed by atoms with E-state index in [9.17, 15) is 0 Å². The summed E-state index contributed by atoms with van der Waals surface area (Å²) < 4.78 is 10.8. The third-order valence-corrected chi connectivity index (χ3v) is 3.95. The van der Waals surface area contributed by atoms with Crippen LogP contribution in [-0.4, -0.2) is 49.2 Å². The average molecular weight is 353 g/mol. The van der Waals surface area contributed by atoms with Gasteiger partial charge in [-0.2, -0.15) is 0 Å². The Morgan fingerprint density at radius 1 is 1.23 bits per heavy atom. The zero-order valence-electron chi connectivity index (χ0n) is 14.8. The highest BCUT2D eigenvalue weighted by molar-refractivity contribution is 6.03.